The minimum absolute atomic E-state index is 0.392. The number of benzene rings is 1. The molecule has 18 heavy (non-hydrogen) atoms. The quantitative estimate of drug-likeness (QED) is 0.869. The maximum absolute atomic E-state index is 5.91. The van der Waals surface area contributed by atoms with Gasteiger partial charge in [0.2, 0.25) is 0 Å². The molecule has 1 aliphatic rings. The molecule has 0 radical (unpaired) electrons. The van der Waals surface area contributed by atoms with Gasteiger partial charge in [-0.2, -0.15) is 0 Å². The van der Waals surface area contributed by atoms with Crippen LogP contribution in [0.25, 0.3) is 0 Å². The fraction of sp³-hybridized carbons (Fsp3) is 0.571. The zero-order valence-corrected chi connectivity index (χ0v) is 12.4. The Morgan fingerprint density at radius 1 is 1.50 bits per heavy atom. The Morgan fingerprint density at radius 2 is 2.33 bits per heavy atom. The van der Waals surface area contributed by atoms with E-state index in [-0.39, 0.29) is 0 Å². The number of halogens is 1. The first-order chi connectivity index (χ1) is 8.70. The molecule has 3 nitrogen and oxygen atoms in total. The van der Waals surface area contributed by atoms with E-state index in [1.54, 1.807) is 0 Å². The first-order valence-corrected chi connectivity index (χ1v) is 7.36. The SMILES string of the molecule is CCOC1CCCN(Cc2cccc(N)c2Br)C1. The predicted octanol–water partition coefficient (Wildman–Crippen LogP) is 3.03. The van der Waals surface area contributed by atoms with Gasteiger partial charge >= 0.3 is 0 Å². The maximum atomic E-state index is 5.91. The summed E-state index contributed by atoms with van der Waals surface area (Å²) >= 11 is 3.57. The summed E-state index contributed by atoms with van der Waals surface area (Å²) in [6.45, 7) is 5.98. The molecule has 2 N–H and O–H groups in total. The highest BCUT2D eigenvalue weighted by Gasteiger charge is 2.20. The molecule has 0 bridgehead atoms. The first-order valence-electron chi connectivity index (χ1n) is 6.57. The monoisotopic (exact) mass is 312 g/mol. The van der Waals surface area contributed by atoms with E-state index in [1.165, 1.54) is 18.4 Å². The van der Waals surface area contributed by atoms with E-state index < -0.39 is 0 Å². The number of hydrogen-bond acceptors (Lipinski definition) is 3. The van der Waals surface area contributed by atoms with Crippen LogP contribution in [-0.4, -0.2) is 30.7 Å². The van der Waals surface area contributed by atoms with Crippen molar-refractivity contribution in [1.82, 2.24) is 4.90 Å². The van der Waals surface area contributed by atoms with Crippen molar-refractivity contribution in [3.8, 4) is 0 Å². The molecule has 0 aliphatic carbocycles. The predicted molar refractivity (Wildman–Crippen MR) is 78.5 cm³/mol. The summed E-state index contributed by atoms with van der Waals surface area (Å²) in [5.41, 5.74) is 7.98. The normalized spacial score (nSPS) is 21.1. The number of anilines is 1. The lowest BCUT2D eigenvalue weighted by Gasteiger charge is -2.32. The Kier molecular flexibility index (Phi) is 5.03. The summed E-state index contributed by atoms with van der Waals surface area (Å²) in [6, 6.07) is 6.07. The van der Waals surface area contributed by atoms with Crippen LogP contribution in [0.5, 0.6) is 0 Å². The molecule has 4 heteroatoms. The molecule has 0 amide bonds. The molecule has 100 valence electrons. The number of piperidine rings is 1. The largest absolute Gasteiger partial charge is 0.398 e. The van der Waals surface area contributed by atoms with E-state index in [9.17, 15) is 0 Å². The Bertz CT molecular complexity index is 395. The average Bonchev–Trinajstić information content (AvgIpc) is 2.36. The molecule has 0 spiro atoms. The second-order valence-electron chi connectivity index (χ2n) is 4.78. The van der Waals surface area contributed by atoms with Crippen molar-refractivity contribution >= 4 is 21.6 Å². The van der Waals surface area contributed by atoms with Gasteiger partial charge in [0.05, 0.1) is 6.10 Å². The van der Waals surface area contributed by atoms with Crippen LogP contribution in [0.15, 0.2) is 22.7 Å². The second-order valence-corrected chi connectivity index (χ2v) is 5.57. The van der Waals surface area contributed by atoms with Crippen molar-refractivity contribution in [3.05, 3.63) is 28.2 Å². The third-order valence-electron chi connectivity index (χ3n) is 3.37. The molecule has 1 aromatic rings. The van der Waals surface area contributed by atoms with E-state index in [1.807, 2.05) is 12.1 Å². The Labute approximate surface area is 117 Å². The average molecular weight is 313 g/mol. The summed E-state index contributed by atoms with van der Waals surface area (Å²) in [4.78, 5) is 2.45. The van der Waals surface area contributed by atoms with Crippen molar-refractivity contribution < 1.29 is 4.74 Å². The molecule has 2 rings (SSSR count). The smallest absolute Gasteiger partial charge is 0.0702 e. The van der Waals surface area contributed by atoms with E-state index in [2.05, 4.69) is 33.8 Å². The van der Waals surface area contributed by atoms with Crippen LogP contribution in [0.3, 0.4) is 0 Å². The fourth-order valence-corrected chi connectivity index (χ4v) is 2.88. The van der Waals surface area contributed by atoms with Crippen LogP contribution >= 0.6 is 15.9 Å². The van der Waals surface area contributed by atoms with Gasteiger partial charge in [0.25, 0.3) is 0 Å². The van der Waals surface area contributed by atoms with Crippen molar-refractivity contribution in [2.75, 3.05) is 25.4 Å². The Balaban J connectivity index is 1.98. The molecule has 1 unspecified atom stereocenters. The highest BCUT2D eigenvalue weighted by molar-refractivity contribution is 9.10. The number of rotatable bonds is 4. The number of nitrogens with two attached hydrogens (primary N) is 1. The zero-order valence-electron chi connectivity index (χ0n) is 10.9. The van der Waals surface area contributed by atoms with Gasteiger partial charge in [-0.05, 0) is 53.9 Å². The number of nitrogens with zero attached hydrogens (tertiary/aromatic N) is 1. The second kappa shape index (κ2) is 6.55. The van der Waals surface area contributed by atoms with Crippen molar-refractivity contribution in [1.29, 1.82) is 0 Å². The van der Waals surface area contributed by atoms with Gasteiger partial charge in [-0.1, -0.05) is 12.1 Å². The van der Waals surface area contributed by atoms with Crippen molar-refractivity contribution in [2.45, 2.75) is 32.4 Å². The van der Waals surface area contributed by atoms with E-state index in [0.717, 1.165) is 36.4 Å². The van der Waals surface area contributed by atoms with Gasteiger partial charge in [-0.3, -0.25) is 4.90 Å². The fourth-order valence-electron chi connectivity index (χ4n) is 2.49. The molecule has 1 saturated heterocycles. The van der Waals surface area contributed by atoms with Gasteiger partial charge in [0, 0.05) is 29.9 Å². The van der Waals surface area contributed by atoms with Gasteiger partial charge in [-0.25, -0.2) is 0 Å². The summed E-state index contributed by atoms with van der Waals surface area (Å²) < 4.78 is 6.76. The van der Waals surface area contributed by atoms with Crippen LogP contribution in [0, 0.1) is 0 Å². The van der Waals surface area contributed by atoms with E-state index in [0.29, 0.717) is 6.10 Å². The molecular formula is C14H21BrN2O. The third kappa shape index (κ3) is 3.46. The molecule has 1 fully saturated rings. The molecule has 1 heterocycles. The zero-order chi connectivity index (χ0) is 13.0. The van der Waals surface area contributed by atoms with Gasteiger partial charge in [0.15, 0.2) is 0 Å². The number of nitrogen functional groups attached to an aromatic ring is 1. The maximum Gasteiger partial charge on any atom is 0.0702 e. The number of likely N-dealkylation sites (tertiary alicyclic amines) is 1. The third-order valence-corrected chi connectivity index (χ3v) is 4.33. The lowest BCUT2D eigenvalue weighted by molar-refractivity contribution is 0.00359. The van der Waals surface area contributed by atoms with Crippen LogP contribution in [-0.2, 0) is 11.3 Å². The summed E-state index contributed by atoms with van der Waals surface area (Å²) in [6.07, 6.45) is 2.79. The minimum atomic E-state index is 0.392. The minimum Gasteiger partial charge on any atom is -0.398 e. The van der Waals surface area contributed by atoms with E-state index >= 15 is 0 Å². The van der Waals surface area contributed by atoms with Crippen LogP contribution in [0.4, 0.5) is 5.69 Å². The number of ether oxygens (including phenoxy) is 1. The summed E-state index contributed by atoms with van der Waals surface area (Å²) in [5.74, 6) is 0. The summed E-state index contributed by atoms with van der Waals surface area (Å²) in [7, 11) is 0. The topological polar surface area (TPSA) is 38.5 Å². The lowest BCUT2D eigenvalue weighted by atomic mass is 10.1. The standard InChI is InChI=1S/C14H21BrN2O/c1-2-18-12-6-4-8-17(10-12)9-11-5-3-7-13(16)14(11)15/h3,5,7,12H,2,4,6,8-10,16H2,1H3. The van der Waals surface area contributed by atoms with Crippen LogP contribution in [0.2, 0.25) is 0 Å². The molecule has 1 aliphatic heterocycles. The van der Waals surface area contributed by atoms with E-state index in [4.69, 9.17) is 10.5 Å². The Morgan fingerprint density at radius 3 is 3.11 bits per heavy atom. The molecule has 0 saturated carbocycles. The first kappa shape index (κ1) is 13.8. The van der Waals surface area contributed by atoms with Crippen LogP contribution in [0.1, 0.15) is 25.3 Å². The molecule has 1 aromatic carbocycles. The summed E-state index contributed by atoms with van der Waals surface area (Å²) in [5, 5.41) is 0. The van der Waals surface area contributed by atoms with Crippen LogP contribution < -0.4 is 5.73 Å². The highest BCUT2D eigenvalue weighted by Crippen LogP contribution is 2.26. The van der Waals surface area contributed by atoms with Gasteiger partial charge in [0.1, 0.15) is 0 Å². The lowest BCUT2D eigenvalue weighted by Crippen LogP contribution is -2.39. The molecule has 1 atom stereocenters. The number of hydrogen-bond donors (Lipinski definition) is 1. The molecular weight excluding hydrogens is 292 g/mol. The van der Waals surface area contributed by atoms with Gasteiger partial charge < -0.3 is 10.5 Å². The van der Waals surface area contributed by atoms with Gasteiger partial charge in [-0.15, -0.1) is 0 Å². The van der Waals surface area contributed by atoms with Crippen molar-refractivity contribution in [2.24, 2.45) is 0 Å². The molecule has 0 aromatic heterocycles. The Hall–Kier alpha value is -0.580. The van der Waals surface area contributed by atoms with Crippen molar-refractivity contribution in [3.63, 3.8) is 0 Å². The highest BCUT2D eigenvalue weighted by atomic mass is 79.9.